The van der Waals surface area contributed by atoms with E-state index in [-0.39, 0.29) is 18.3 Å². The number of aromatic nitrogens is 1. The SMILES string of the molecule is Cc1ccc2nc(NC(=O)CC(C)C3CCNCC3)sc2c1.Cl. The van der Waals surface area contributed by atoms with Gasteiger partial charge in [0.15, 0.2) is 5.13 Å². The first-order valence-corrected chi connectivity index (χ1v) is 8.81. The highest BCUT2D eigenvalue weighted by Gasteiger charge is 2.22. The molecule has 3 rings (SSSR count). The summed E-state index contributed by atoms with van der Waals surface area (Å²) in [6, 6.07) is 6.17. The maximum atomic E-state index is 12.2. The fraction of sp³-hybridized carbons (Fsp3) is 0.529. The predicted molar refractivity (Wildman–Crippen MR) is 99.6 cm³/mol. The van der Waals surface area contributed by atoms with Crippen LogP contribution in [0.4, 0.5) is 5.13 Å². The van der Waals surface area contributed by atoms with Crippen molar-refractivity contribution in [2.75, 3.05) is 18.4 Å². The molecule has 1 aromatic heterocycles. The Morgan fingerprint density at radius 2 is 2.17 bits per heavy atom. The zero-order valence-electron chi connectivity index (χ0n) is 13.6. The van der Waals surface area contributed by atoms with Crippen molar-refractivity contribution in [2.24, 2.45) is 11.8 Å². The van der Waals surface area contributed by atoms with Crippen LogP contribution in [0.5, 0.6) is 0 Å². The molecular weight excluding hydrogens is 330 g/mol. The molecule has 1 unspecified atom stereocenters. The predicted octanol–water partition coefficient (Wildman–Crippen LogP) is 3.99. The second-order valence-electron chi connectivity index (χ2n) is 6.31. The van der Waals surface area contributed by atoms with Crippen LogP contribution < -0.4 is 10.6 Å². The number of nitrogens with one attached hydrogen (secondary N) is 2. The first kappa shape index (κ1) is 18.2. The first-order valence-electron chi connectivity index (χ1n) is 7.99. The van der Waals surface area contributed by atoms with E-state index in [0.29, 0.717) is 23.4 Å². The molecule has 0 radical (unpaired) electrons. The monoisotopic (exact) mass is 353 g/mol. The van der Waals surface area contributed by atoms with E-state index in [2.05, 4.69) is 35.5 Å². The number of piperidine rings is 1. The Labute approximate surface area is 147 Å². The second kappa shape index (κ2) is 8.08. The molecule has 1 saturated heterocycles. The molecule has 23 heavy (non-hydrogen) atoms. The minimum atomic E-state index is 0. The smallest absolute Gasteiger partial charge is 0.226 e. The van der Waals surface area contributed by atoms with Gasteiger partial charge in [-0.2, -0.15) is 0 Å². The van der Waals surface area contributed by atoms with E-state index in [1.54, 1.807) is 11.3 Å². The number of nitrogens with zero attached hydrogens (tertiary/aromatic N) is 1. The van der Waals surface area contributed by atoms with E-state index in [9.17, 15) is 4.79 Å². The highest BCUT2D eigenvalue weighted by Crippen LogP contribution is 2.28. The minimum Gasteiger partial charge on any atom is -0.317 e. The summed E-state index contributed by atoms with van der Waals surface area (Å²) in [5.41, 5.74) is 2.17. The number of benzene rings is 1. The summed E-state index contributed by atoms with van der Waals surface area (Å²) in [5, 5.41) is 7.06. The van der Waals surface area contributed by atoms with Gasteiger partial charge in [0.05, 0.1) is 10.2 Å². The summed E-state index contributed by atoms with van der Waals surface area (Å²) in [6.07, 6.45) is 2.93. The largest absolute Gasteiger partial charge is 0.317 e. The van der Waals surface area contributed by atoms with E-state index in [1.807, 2.05) is 12.1 Å². The standard InChI is InChI=1S/C17H23N3OS.ClH/c1-11-3-4-14-15(9-11)22-17(19-14)20-16(21)10-12(2)13-5-7-18-8-6-13;/h3-4,9,12-13,18H,5-8,10H2,1-2H3,(H,19,20,21);1H. The number of anilines is 1. The summed E-state index contributed by atoms with van der Waals surface area (Å²) >= 11 is 1.55. The molecule has 1 aromatic carbocycles. The van der Waals surface area contributed by atoms with Gasteiger partial charge in [0, 0.05) is 6.42 Å². The molecule has 2 aromatic rings. The fourth-order valence-electron chi connectivity index (χ4n) is 3.13. The number of fused-ring (bicyclic) bond motifs is 1. The molecule has 0 aliphatic carbocycles. The highest BCUT2D eigenvalue weighted by molar-refractivity contribution is 7.22. The molecule has 1 amide bonds. The van der Waals surface area contributed by atoms with Gasteiger partial charge in [0.2, 0.25) is 5.91 Å². The molecule has 6 heteroatoms. The Morgan fingerprint density at radius 3 is 2.91 bits per heavy atom. The lowest BCUT2D eigenvalue weighted by molar-refractivity contribution is -0.117. The van der Waals surface area contributed by atoms with E-state index in [4.69, 9.17) is 0 Å². The van der Waals surface area contributed by atoms with Crippen LogP contribution in [-0.2, 0) is 4.79 Å². The van der Waals surface area contributed by atoms with E-state index < -0.39 is 0 Å². The zero-order valence-corrected chi connectivity index (χ0v) is 15.2. The lowest BCUT2D eigenvalue weighted by Gasteiger charge is -2.27. The van der Waals surface area contributed by atoms with Crippen molar-refractivity contribution in [1.29, 1.82) is 0 Å². The number of halogens is 1. The molecule has 0 saturated carbocycles. The number of carbonyl (C=O) groups is 1. The van der Waals surface area contributed by atoms with Crippen LogP contribution in [-0.4, -0.2) is 24.0 Å². The molecule has 1 atom stereocenters. The van der Waals surface area contributed by atoms with Crippen LogP contribution in [0.25, 0.3) is 10.2 Å². The number of carbonyl (C=O) groups excluding carboxylic acids is 1. The summed E-state index contributed by atoms with van der Waals surface area (Å²) in [4.78, 5) is 16.7. The zero-order chi connectivity index (χ0) is 15.5. The van der Waals surface area contributed by atoms with Crippen molar-refractivity contribution in [1.82, 2.24) is 10.3 Å². The first-order chi connectivity index (χ1) is 10.6. The van der Waals surface area contributed by atoms with Gasteiger partial charge in [-0.15, -0.1) is 12.4 Å². The molecule has 0 bridgehead atoms. The third kappa shape index (κ3) is 4.66. The second-order valence-corrected chi connectivity index (χ2v) is 7.34. The molecule has 126 valence electrons. The van der Waals surface area contributed by atoms with Gasteiger partial charge in [-0.05, 0) is 62.4 Å². The Morgan fingerprint density at radius 1 is 1.43 bits per heavy atom. The highest BCUT2D eigenvalue weighted by atomic mass is 35.5. The Hall–Kier alpha value is -1.17. The molecule has 0 spiro atoms. The lowest BCUT2D eigenvalue weighted by atomic mass is 9.84. The lowest BCUT2D eigenvalue weighted by Crippen LogP contribution is -2.32. The van der Waals surface area contributed by atoms with Gasteiger partial charge in [-0.3, -0.25) is 4.79 Å². The number of aryl methyl sites for hydroxylation is 1. The Bertz CT molecular complexity index is 667. The van der Waals surface area contributed by atoms with Crippen LogP contribution in [0.3, 0.4) is 0 Å². The van der Waals surface area contributed by atoms with E-state index in [1.165, 1.54) is 18.4 Å². The van der Waals surface area contributed by atoms with Crippen molar-refractivity contribution in [3.8, 4) is 0 Å². The Balaban J connectivity index is 0.00000192. The third-order valence-electron chi connectivity index (χ3n) is 4.49. The quantitative estimate of drug-likeness (QED) is 0.873. The van der Waals surface area contributed by atoms with E-state index >= 15 is 0 Å². The fourth-order valence-corrected chi connectivity index (χ4v) is 4.11. The summed E-state index contributed by atoms with van der Waals surface area (Å²) in [7, 11) is 0. The molecule has 2 heterocycles. The summed E-state index contributed by atoms with van der Waals surface area (Å²) in [5.74, 6) is 1.17. The van der Waals surface area contributed by atoms with E-state index in [0.717, 1.165) is 23.3 Å². The maximum Gasteiger partial charge on any atom is 0.226 e. The average Bonchev–Trinajstić information content (AvgIpc) is 2.89. The number of rotatable bonds is 4. The van der Waals surface area contributed by atoms with Gasteiger partial charge in [-0.25, -0.2) is 4.98 Å². The molecule has 1 aliphatic heterocycles. The summed E-state index contributed by atoms with van der Waals surface area (Å²) in [6.45, 7) is 6.41. The van der Waals surface area contributed by atoms with Crippen LogP contribution in [0.1, 0.15) is 31.7 Å². The van der Waals surface area contributed by atoms with Gasteiger partial charge in [-0.1, -0.05) is 24.3 Å². The molecule has 2 N–H and O–H groups in total. The van der Waals surface area contributed by atoms with Crippen LogP contribution in [0, 0.1) is 18.8 Å². The number of amides is 1. The number of thiazole rings is 1. The third-order valence-corrected chi connectivity index (χ3v) is 5.42. The van der Waals surface area contributed by atoms with Crippen molar-refractivity contribution in [3.63, 3.8) is 0 Å². The normalized spacial score (nSPS) is 16.8. The average molecular weight is 354 g/mol. The van der Waals surface area contributed by atoms with Crippen molar-refractivity contribution < 1.29 is 4.79 Å². The minimum absolute atomic E-state index is 0. The van der Waals surface area contributed by atoms with Crippen LogP contribution in [0.15, 0.2) is 18.2 Å². The molecule has 4 nitrogen and oxygen atoms in total. The van der Waals surface area contributed by atoms with Gasteiger partial charge < -0.3 is 10.6 Å². The van der Waals surface area contributed by atoms with Crippen LogP contribution >= 0.6 is 23.7 Å². The number of hydrogen-bond acceptors (Lipinski definition) is 4. The molecule has 1 fully saturated rings. The molecular formula is C17H24ClN3OS. The molecule has 1 aliphatic rings. The van der Waals surface area contributed by atoms with Gasteiger partial charge in [0.1, 0.15) is 0 Å². The van der Waals surface area contributed by atoms with Crippen molar-refractivity contribution in [3.05, 3.63) is 23.8 Å². The topological polar surface area (TPSA) is 54.0 Å². The van der Waals surface area contributed by atoms with Crippen molar-refractivity contribution >= 4 is 45.0 Å². The van der Waals surface area contributed by atoms with Crippen molar-refractivity contribution in [2.45, 2.75) is 33.1 Å². The van der Waals surface area contributed by atoms with Gasteiger partial charge >= 0.3 is 0 Å². The number of hydrogen-bond donors (Lipinski definition) is 2. The van der Waals surface area contributed by atoms with Gasteiger partial charge in [0.25, 0.3) is 0 Å². The Kier molecular flexibility index (Phi) is 6.39. The van der Waals surface area contributed by atoms with Crippen LogP contribution in [0.2, 0.25) is 0 Å². The summed E-state index contributed by atoms with van der Waals surface area (Å²) < 4.78 is 1.13. The maximum absolute atomic E-state index is 12.2.